The highest BCUT2D eigenvalue weighted by Crippen LogP contribution is 2.35. The Hall–Kier alpha value is -3.58. The van der Waals surface area contributed by atoms with Gasteiger partial charge in [-0.2, -0.15) is 0 Å². The van der Waals surface area contributed by atoms with E-state index in [1.165, 1.54) is 19.2 Å². The summed E-state index contributed by atoms with van der Waals surface area (Å²) in [5.74, 6) is -0.281. The SMILES string of the molecule is COc1cc(C(=O)Nc2cccc(Cl)c2)c([N+](=O)[O-])cc1OCc1ccccc1. The van der Waals surface area contributed by atoms with Gasteiger partial charge in [-0.25, -0.2) is 0 Å². The average molecular weight is 413 g/mol. The van der Waals surface area contributed by atoms with Gasteiger partial charge in [0.1, 0.15) is 12.2 Å². The second kappa shape index (κ2) is 9.07. The lowest BCUT2D eigenvalue weighted by atomic mass is 10.1. The van der Waals surface area contributed by atoms with E-state index in [2.05, 4.69) is 5.32 Å². The molecule has 1 amide bonds. The van der Waals surface area contributed by atoms with E-state index in [1.54, 1.807) is 24.3 Å². The molecule has 8 heteroatoms. The molecule has 1 N–H and O–H groups in total. The Morgan fingerprint density at radius 1 is 1.07 bits per heavy atom. The highest BCUT2D eigenvalue weighted by Gasteiger charge is 2.25. The van der Waals surface area contributed by atoms with Crippen molar-refractivity contribution in [1.29, 1.82) is 0 Å². The van der Waals surface area contributed by atoms with Crippen LogP contribution >= 0.6 is 11.6 Å². The van der Waals surface area contributed by atoms with Crippen molar-refractivity contribution >= 4 is 28.9 Å². The number of nitro groups is 1. The molecule has 148 valence electrons. The van der Waals surface area contributed by atoms with Crippen molar-refractivity contribution in [3.63, 3.8) is 0 Å². The summed E-state index contributed by atoms with van der Waals surface area (Å²) >= 11 is 5.91. The third kappa shape index (κ3) is 5.03. The number of rotatable bonds is 7. The minimum atomic E-state index is -0.660. The van der Waals surface area contributed by atoms with Gasteiger partial charge in [0.25, 0.3) is 11.6 Å². The lowest BCUT2D eigenvalue weighted by Gasteiger charge is -2.13. The molecular formula is C21H17ClN2O5. The zero-order valence-corrected chi connectivity index (χ0v) is 16.2. The average Bonchev–Trinajstić information content (AvgIpc) is 2.72. The van der Waals surface area contributed by atoms with Crippen LogP contribution in [0.2, 0.25) is 5.02 Å². The molecule has 7 nitrogen and oxygen atoms in total. The van der Waals surface area contributed by atoms with Gasteiger partial charge in [0, 0.05) is 16.8 Å². The van der Waals surface area contributed by atoms with Gasteiger partial charge in [-0.05, 0) is 23.8 Å². The summed E-state index contributed by atoms with van der Waals surface area (Å²) in [5, 5.41) is 14.6. The predicted molar refractivity (Wildman–Crippen MR) is 110 cm³/mol. The van der Waals surface area contributed by atoms with E-state index in [9.17, 15) is 14.9 Å². The van der Waals surface area contributed by atoms with Crippen LogP contribution in [0.15, 0.2) is 66.7 Å². The zero-order valence-electron chi connectivity index (χ0n) is 15.4. The maximum Gasteiger partial charge on any atom is 0.286 e. The number of ether oxygens (including phenoxy) is 2. The summed E-state index contributed by atoms with van der Waals surface area (Å²) in [6.45, 7) is 0.197. The monoisotopic (exact) mass is 412 g/mol. The van der Waals surface area contributed by atoms with Crippen molar-refractivity contribution in [1.82, 2.24) is 0 Å². The fraction of sp³-hybridized carbons (Fsp3) is 0.0952. The Morgan fingerprint density at radius 2 is 1.83 bits per heavy atom. The van der Waals surface area contributed by atoms with Crippen molar-refractivity contribution < 1.29 is 19.2 Å². The number of nitrogens with one attached hydrogen (secondary N) is 1. The van der Waals surface area contributed by atoms with Gasteiger partial charge in [-0.3, -0.25) is 14.9 Å². The van der Waals surface area contributed by atoms with Gasteiger partial charge >= 0.3 is 0 Å². The minimum absolute atomic E-state index is 0.154. The molecule has 0 aliphatic rings. The van der Waals surface area contributed by atoms with Crippen molar-refractivity contribution in [2.75, 3.05) is 12.4 Å². The number of amides is 1. The molecule has 0 unspecified atom stereocenters. The highest BCUT2D eigenvalue weighted by atomic mass is 35.5. The van der Waals surface area contributed by atoms with E-state index in [0.717, 1.165) is 5.56 Å². The largest absolute Gasteiger partial charge is 0.493 e. The third-order valence-corrected chi connectivity index (χ3v) is 4.28. The molecule has 3 aromatic carbocycles. The number of hydrogen-bond acceptors (Lipinski definition) is 5. The molecule has 0 saturated carbocycles. The molecule has 3 aromatic rings. The first-order valence-electron chi connectivity index (χ1n) is 8.58. The van der Waals surface area contributed by atoms with Crippen molar-refractivity contribution in [3.05, 3.63) is 93.0 Å². The molecule has 0 spiro atoms. The predicted octanol–water partition coefficient (Wildman–Crippen LogP) is 5.09. The lowest BCUT2D eigenvalue weighted by Crippen LogP contribution is -2.14. The molecule has 0 atom stereocenters. The number of carbonyl (C=O) groups excluding carboxylic acids is 1. The molecule has 0 bridgehead atoms. The van der Waals surface area contributed by atoms with Gasteiger partial charge in [0.15, 0.2) is 11.5 Å². The number of halogens is 1. The Balaban J connectivity index is 1.90. The normalized spacial score (nSPS) is 10.3. The Morgan fingerprint density at radius 3 is 2.48 bits per heavy atom. The maximum absolute atomic E-state index is 12.7. The van der Waals surface area contributed by atoms with Crippen LogP contribution in [0, 0.1) is 10.1 Å². The molecule has 3 rings (SSSR count). The number of benzene rings is 3. The Labute approximate surface area is 172 Å². The van der Waals surface area contributed by atoms with Crippen molar-refractivity contribution in [2.24, 2.45) is 0 Å². The molecule has 0 saturated heterocycles. The number of carbonyl (C=O) groups is 1. The van der Waals surface area contributed by atoms with E-state index in [0.29, 0.717) is 10.7 Å². The van der Waals surface area contributed by atoms with Crippen LogP contribution in [0.3, 0.4) is 0 Å². The summed E-state index contributed by atoms with van der Waals surface area (Å²) < 4.78 is 11.0. The zero-order chi connectivity index (χ0) is 20.8. The topological polar surface area (TPSA) is 90.7 Å². The Kier molecular flexibility index (Phi) is 6.31. The molecule has 0 heterocycles. The Bertz CT molecular complexity index is 1040. The first-order chi connectivity index (χ1) is 14.0. The lowest BCUT2D eigenvalue weighted by molar-refractivity contribution is -0.385. The second-order valence-electron chi connectivity index (χ2n) is 6.02. The van der Waals surface area contributed by atoms with Crippen LogP contribution in [-0.2, 0) is 6.61 Å². The number of anilines is 1. The van der Waals surface area contributed by atoms with Gasteiger partial charge in [0.2, 0.25) is 0 Å². The summed E-state index contributed by atoms with van der Waals surface area (Å²) in [5.41, 5.74) is 0.757. The smallest absolute Gasteiger partial charge is 0.286 e. The first kappa shape index (κ1) is 20.2. The second-order valence-corrected chi connectivity index (χ2v) is 6.45. The summed E-state index contributed by atoms with van der Waals surface area (Å²) in [6, 6.07) is 18.3. The van der Waals surface area contributed by atoms with Crippen molar-refractivity contribution in [2.45, 2.75) is 6.61 Å². The van der Waals surface area contributed by atoms with Gasteiger partial charge in [-0.1, -0.05) is 48.0 Å². The van der Waals surface area contributed by atoms with Crippen LogP contribution in [-0.4, -0.2) is 17.9 Å². The molecule has 0 aliphatic heterocycles. The molecular weight excluding hydrogens is 396 g/mol. The van der Waals surface area contributed by atoms with Gasteiger partial charge < -0.3 is 14.8 Å². The fourth-order valence-corrected chi connectivity index (χ4v) is 2.84. The number of nitro benzene ring substituents is 1. The summed E-state index contributed by atoms with van der Waals surface area (Å²) in [6.07, 6.45) is 0. The van der Waals surface area contributed by atoms with Crippen LogP contribution in [0.4, 0.5) is 11.4 Å². The van der Waals surface area contributed by atoms with Crippen LogP contribution < -0.4 is 14.8 Å². The highest BCUT2D eigenvalue weighted by molar-refractivity contribution is 6.31. The third-order valence-electron chi connectivity index (χ3n) is 4.04. The van der Waals surface area contributed by atoms with Crippen molar-refractivity contribution in [3.8, 4) is 11.5 Å². The minimum Gasteiger partial charge on any atom is -0.493 e. The number of methoxy groups -OCH3 is 1. The van der Waals surface area contributed by atoms with E-state index < -0.39 is 16.5 Å². The molecule has 29 heavy (non-hydrogen) atoms. The molecule has 0 radical (unpaired) electrons. The fourth-order valence-electron chi connectivity index (χ4n) is 2.65. The van der Waals surface area contributed by atoms with Crippen LogP contribution in [0.5, 0.6) is 11.5 Å². The first-order valence-corrected chi connectivity index (χ1v) is 8.96. The summed E-state index contributed by atoms with van der Waals surface area (Å²) in [7, 11) is 1.40. The van der Waals surface area contributed by atoms with Gasteiger partial charge in [0.05, 0.1) is 18.1 Å². The van der Waals surface area contributed by atoms with E-state index in [4.69, 9.17) is 21.1 Å². The van der Waals surface area contributed by atoms with E-state index >= 15 is 0 Å². The number of hydrogen-bond donors (Lipinski definition) is 1. The quantitative estimate of drug-likeness (QED) is 0.431. The maximum atomic E-state index is 12.7. The molecule has 0 aromatic heterocycles. The van der Waals surface area contributed by atoms with Crippen LogP contribution in [0.1, 0.15) is 15.9 Å². The summed E-state index contributed by atoms with van der Waals surface area (Å²) in [4.78, 5) is 23.6. The van der Waals surface area contributed by atoms with E-state index in [-0.39, 0.29) is 23.7 Å². The van der Waals surface area contributed by atoms with Gasteiger partial charge in [-0.15, -0.1) is 0 Å². The molecule has 0 aliphatic carbocycles. The standard InChI is InChI=1S/C21H17ClN2O5/c1-28-19-11-17(21(25)23-16-9-5-8-15(22)10-16)18(24(26)27)12-20(19)29-13-14-6-3-2-4-7-14/h2-12H,13H2,1H3,(H,23,25). The van der Waals surface area contributed by atoms with E-state index in [1.807, 2.05) is 30.3 Å². The van der Waals surface area contributed by atoms with Crippen LogP contribution in [0.25, 0.3) is 0 Å². The molecule has 0 fully saturated rings. The number of nitrogens with zero attached hydrogens (tertiary/aromatic N) is 1.